The molecule has 0 radical (unpaired) electrons. The van der Waals surface area contributed by atoms with Crippen molar-refractivity contribution < 1.29 is 5.11 Å². The van der Waals surface area contributed by atoms with Gasteiger partial charge in [0.25, 0.3) is 0 Å². The maximum absolute atomic E-state index is 10.1. The van der Waals surface area contributed by atoms with Crippen LogP contribution in [0.25, 0.3) is 0 Å². The molecular formula is C24H30N2O. The number of likely N-dealkylation sites (tertiary alicyclic amines) is 1. The highest BCUT2D eigenvalue weighted by Crippen LogP contribution is 2.56. The van der Waals surface area contributed by atoms with E-state index in [2.05, 4.69) is 35.2 Å². The fourth-order valence-electron chi connectivity index (χ4n) is 6.37. The molecule has 0 amide bonds. The van der Waals surface area contributed by atoms with Gasteiger partial charge in [0.2, 0.25) is 0 Å². The molecule has 2 fully saturated rings. The van der Waals surface area contributed by atoms with E-state index in [1.54, 1.807) is 0 Å². The number of phenols is 1. The number of benzene rings is 2. The van der Waals surface area contributed by atoms with Crippen molar-refractivity contribution in [2.24, 2.45) is 5.92 Å². The maximum Gasteiger partial charge on any atom is 0.115 e. The SMILES string of the molecule is Nc1cccc(CCN2CC[C@@]34CCCC[C@H]3[C@@H]2Cc2ccc(O)cc24)c1. The van der Waals surface area contributed by atoms with Crippen molar-refractivity contribution in [3.63, 3.8) is 0 Å². The van der Waals surface area contributed by atoms with Crippen LogP contribution in [0.4, 0.5) is 5.69 Å². The summed E-state index contributed by atoms with van der Waals surface area (Å²) in [4.78, 5) is 2.76. The second-order valence-corrected chi connectivity index (χ2v) is 8.90. The van der Waals surface area contributed by atoms with E-state index in [1.807, 2.05) is 12.1 Å². The molecule has 2 aliphatic carbocycles. The molecule has 0 aromatic heterocycles. The number of rotatable bonds is 3. The Labute approximate surface area is 162 Å². The molecule has 2 aromatic carbocycles. The molecule has 1 saturated heterocycles. The van der Waals surface area contributed by atoms with Gasteiger partial charge in [0, 0.05) is 23.7 Å². The van der Waals surface area contributed by atoms with Crippen LogP contribution in [-0.2, 0) is 18.3 Å². The van der Waals surface area contributed by atoms with Crippen molar-refractivity contribution in [3.05, 3.63) is 59.2 Å². The molecule has 2 bridgehead atoms. The van der Waals surface area contributed by atoms with Crippen molar-refractivity contribution in [1.82, 2.24) is 4.90 Å². The van der Waals surface area contributed by atoms with E-state index in [9.17, 15) is 5.11 Å². The standard InChI is InChI=1S/C24H30N2O/c25-19-5-3-4-17(14-19)9-12-26-13-11-24-10-2-1-6-21(24)23(26)15-18-7-8-20(27)16-22(18)24/h3-5,7-8,14,16,21,23,27H,1-2,6,9-13,15,25H2/t21-,23-,24-/m0/s1. The minimum absolute atomic E-state index is 0.308. The number of phenolic OH excluding ortho intramolecular Hbond substituents is 1. The summed E-state index contributed by atoms with van der Waals surface area (Å²) in [6.45, 7) is 2.30. The lowest BCUT2D eigenvalue weighted by Crippen LogP contribution is -2.61. The van der Waals surface area contributed by atoms with E-state index in [0.29, 0.717) is 17.2 Å². The molecule has 3 nitrogen and oxygen atoms in total. The number of nitrogen functional groups attached to an aromatic ring is 1. The summed E-state index contributed by atoms with van der Waals surface area (Å²) < 4.78 is 0. The Kier molecular flexibility index (Phi) is 4.16. The molecule has 2 aromatic rings. The minimum atomic E-state index is 0.308. The molecule has 5 rings (SSSR count). The average molecular weight is 363 g/mol. The lowest BCUT2D eigenvalue weighted by molar-refractivity contribution is -0.0106. The first-order chi connectivity index (χ1) is 13.2. The van der Waals surface area contributed by atoms with Gasteiger partial charge in [-0.05, 0) is 85.5 Å². The van der Waals surface area contributed by atoms with E-state index in [4.69, 9.17) is 5.73 Å². The normalized spacial score (nSPS) is 29.8. The number of piperidine rings is 1. The molecule has 0 unspecified atom stereocenters. The number of hydrogen-bond donors (Lipinski definition) is 2. The van der Waals surface area contributed by atoms with Crippen LogP contribution < -0.4 is 5.73 Å². The van der Waals surface area contributed by atoms with Crippen LogP contribution in [0.1, 0.15) is 48.8 Å². The second kappa shape index (κ2) is 6.56. The highest BCUT2D eigenvalue weighted by atomic mass is 16.3. The number of nitrogens with zero attached hydrogens (tertiary/aromatic N) is 1. The zero-order chi connectivity index (χ0) is 18.4. The maximum atomic E-state index is 10.1. The number of anilines is 1. The molecule has 27 heavy (non-hydrogen) atoms. The summed E-state index contributed by atoms with van der Waals surface area (Å²) in [5.41, 5.74) is 11.4. The number of hydrogen-bond acceptors (Lipinski definition) is 3. The smallest absolute Gasteiger partial charge is 0.115 e. The van der Waals surface area contributed by atoms with Crippen LogP contribution in [0, 0.1) is 5.92 Å². The average Bonchev–Trinajstić information content (AvgIpc) is 2.68. The number of fused-ring (bicyclic) bond motifs is 1. The first-order valence-electron chi connectivity index (χ1n) is 10.6. The molecule has 3 N–H and O–H groups in total. The molecule has 142 valence electrons. The molecule has 1 saturated carbocycles. The van der Waals surface area contributed by atoms with Crippen molar-refractivity contribution >= 4 is 5.69 Å². The zero-order valence-electron chi connectivity index (χ0n) is 16.0. The molecule has 3 aliphatic rings. The summed E-state index contributed by atoms with van der Waals surface area (Å²) in [6, 6.07) is 15.2. The van der Waals surface area contributed by atoms with Gasteiger partial charge < -0.3 is 10.8 Å². The van der Waals surface area contributed by atoms with E-state index < -0.39 is 0 Å². The summed E-state index contributed by atoms with van der Waals surface area (Å²) in [5.74, 6) is 1.19. The predicted molar refractivity (Wildman–Crippen MR) is 110 cm³/mol. The first kappa shape index (κ1) is 17.1. The molecule has 3 heteroatoms. The van der Waals surface area contributed by atoms with Gasteiger partial charge in [0.15, 0.2) is 0 Å². The summed E-state index contributed by atoms with van der Waals surface area (Å²) >= 11 is 0. The highest BCUT2D eigenvalue weighted by Gasteiger charge is 2.53. The molecule has 1 aliphatic heterocycles. The van der Waals surface area contributed by atoms with Crippen molar-refractivity contribution in [2.75, 3.05) is 18.8 Å². The highest BCUT2D eigenvalue weighted by molar-refractivity contribution is 5.45. The van der Waals surface area contributed by atoms with Crippen LogP contribution in [0.2, 0.25) is 0 Å². The van der Waals surface area contributed by atoms with Gasteiger partial charge >= 0.3 is 0 Å². The van der Waals surface area contributed by atoms with Gasteiger partial charge in [-0.15, -0.1) is 0 Å². The van der Waals surface area contributed by atoms with E-state index in [0.717, 1.165) is 31.0 Å². The van der Waals surface area contributed by atoms with Crippen LogP contribution in [0.5, 0.6) is 5.75 Å². The fourth-order valence-corrected chi connectivity index (χ4v) is 6.37. The zero-order valence-corrected chi connectivity index (χ0v) is 16.0. The number of aromatic hydroxyl groups is 1. The summed E-state index contributed by atoms with van der Waals surface area (Å²) in [6.07, 6.45) is 8.79. The van der Waals surface area contributed by atoms with Gasteiger partial charge in [-0.3, -0.25) is 4.90 Å². The first-order valence-corrected chi connectivity index (χ1v) is 10.6. The lowest BCUT2D eigenvalue weighted by atomic mass is 9.52. The Bertz CT molecular complexity index is 848. The van der Waals surface area contributed by atoms with Crippen LogP contribution >= 0.6 is 0 Å². The Morgan fingerprint density at radius 2 is 2.04 bits per heavy atom. The Hall–Kier alpha value is -2.00. The third-order valence-corrected chi connectivity index (χ3v) is 7.57. The largest absolute Gasteiger partial charge is 0.508 e. The van der Waals surface area contributed by atoms with Gasteiger partial charge in [-0.25, -0.2) is 0 Å². The predicted octanol–water partition coefficient (Wildman–Crippen LogP) is 4.28. The van der Waals surface area contributed by atoms with E-state index in [1.165, 1.54) is 55.3 Å². The summed E-state index contributed by atoms with van der Waals surface area (Å²) in [7, 11) is 0. The van der Waals surface area contributed by atoms with Crippen molar-refractivity contribution in [3.8, 4) is 5.75 Å². The molecule has 0 spiro atoms. The summed E-state index contributed by atoms with van der Waals surface area (Å²) in [5, 5.41) is 10.1. The van der Waals surface area contributed by atoms with Crippen molar-refractivity contribution in [2.45, 2.75) is 56.4 Å². The van der Waals surface area contributed by atoms with Crippen LogP contribution in [0.15, 0.2) is 42.5 Å². The van der Waals surface area contributed by atoms with Gasteiger partial charge in [-0.2, -0.15) is 0 Å². The number of nitrogens with two attached hydrogens (primary N) is 1. The molecule has 3 atom stereocenters. The molecular weight excluding hydrogens is 332 g/mol. The van der Waals surface area contributed by atoms with Gasteiger partial charge in [0.05, 0.1) is 0 Å². The Morgan fingerprint density at radius 1 is 1.11 bits per heavy atom. The Morgan fingerprint density at radius 3 is 2.93 bits per heavy atom. The molecule has 1 heterocycles. The van der Waals surface area contributed by atoms with Crippen LogP contribution in [0.3, 0.4) is 0 Å². The second-order valence-electron chi connectivity index (χ2n) is 8.90. The third kappa shape index (κ3) is 2.84. The topological polar surface area (TPSA) is 49.5 Å². The van der Waals surface area contributed by atoms with Gasteiger partial charge in [-0.1, -0.05) is 31.0 Å². The lowest BCUT2D eigenvalue weighted by Gasteiger charge is -2.59. The van der Waals surface area contributed by atoms with Crippen LogP contribution in [-0.4, -0.2) is 29.1 Å². The fraction of sp³-hybridized carbons (Fsp3) is 0.500. The quantitative estimate of drug-likeness (QED) is 0.802. The minimum Gasteiger partial charge on any atom is -0.508 e. The van der Waals surface area contributed by atoms with Crippen molar-refractivity contribution in [1.29, 1.82) is 0 Å². The van der Waals surface area contributed by atoms with E-state index >= 15 is 0 Å². The Balaban J connectivity index is 1.43. The van der Waals surface area contributed by atoms with E-state index in [-0.39, 0.29) is 0 Å². The van der Waals surface area contributed by atoms with Gasteiger partial charge in [0.1, 0.15) is 5.75 Å². The monoisotopic (exact) mass is 362 g/mol. The third-order valence-electron chi connectivity index (χ3n) is 7.57.